The molecule has 158 valence electrons. The average Bonchev–Trinajstić information content (AvgIpc) is 3.23. The van der Waals surface area contributed by atoms with E-state index in [4.69, 9.17) is 4.74 Å². The van der Waals surface area contributed by atoms with E-state index < -0.39 is 0 Å². The van der Waals surface area contributed by atoms with Gasteiger partial charge < -0.3 is 10.1 Å². The van der Waals surface area contributed by atoms with Gasteiger partial charge in [0.1, 0.15) is 16.8 Å². The second-order valence-electron chi connectivity index (χ2n) is 7.40. The van der Waals surface area contributed by atoms with E-state index in [1.165, 1.54) is 5.56 Å². The maximum Gasteiger partial charge on any atom is 0.255 e. The molecule has 6 heteroatoms. The summed E-state index contributed by atoms with van der Waals surface area (Å²) in [4.78, 5) is 14.3. The Morgan fingerprint density at radius 3 is 2.55 bits per heavy atom. The van der Waals surface area contributed by atoms with E-state index in [0.29, 0.717) is 29.1 Å². The molecule has 1 amide bonds. The van der Waals surface area contributed by atoms with Crippen LogP contribution in [0.4, 0.5) is 5.69 Å². The molecule has 0 saturated heterocycles. The van der Waals surface area contributed by atoms with Crippen LogP contribution in [0.15, 0.2) is 66.7 Å². The maximum atomic E-state index is 12.7. The fourth-order valence-electron chi connectivity index (χ4n) is 3.24. The van der Waals surface area contributed by atoms with Gasteiger partial charge in [0.2, 0.25) is 0 Å². The summed E-state index contributed by atoms with van der Waals surface area (Å²) in [6, 6.07) is 20.9. The van der Waals surface area contributed by atoms with Crippen molar-refractivity contribution in [3.05, 3.63) is 77.9 Å². The van der Waals surface area contributed by atoms with E-state index >= 15 is 0 Å². The molecular weight excluding hydrogens is 388 g/mol. The highest BCUT2D eigenvalue weighted by Crippen LogP contribution is 2.20. The number of amides is 1. The van der Waals surface area contributed by atoms with Crippen LogP contribution in [-0.4, -0.2) is 27.5 Å². The number of rotatable bonds is 8. The number of ether oxygens (including phenoxy) is 1. The number of carbonyl (C=O) groups excluding carboxylic acids is 1. The summed E-state index contributed by atoms with van der Waals surface area (Å²) in [5.74, 6) is 0.511. The summed E-state index contributed by atoms with van der Waals surface area (Å²) in [7, 11) is 0. The van der Waals surface area contributed by atoms with Crippen LogP contribution in [0.5, 0.6) is 5.75 Å². The van der Waals surface area contributed by atoms with E-state index in [1.807, 2.05) is 42.5 Å². The molecule has 0 aliphatic heterocycles. The third kappa shape index (κ3) is 4.91. The van der Waals surface area contributed by atoms with Crippen LogP contribution in [0.25, 0.3) is 16.7 Å². The molecule has 0 bridgehead atoms. The smallest absolute Gasteiger partial charge is 0.255 e. The molecule has 31 heavy (non-hydrogen) atoms. The summed E-state index contributed by atoms with van der Waals surface area (Å²) in [6.07, 6.45) is 3.04. The summed E-state index contributed by atoms with van der Waals surface area (Å²) in [5, 5.41) is 12.0. The van der Waals surface area contributed by atoms with Crippen LogP contribution in [-0.2, 0) is 6.42 Å². The monoisotopic (exact) mass is 414 g/mol. The van der Waals surface area contributed by atoms with Gasteiger partial charge in [0.05, 0.1) is 12.3 Å². The standard InChI is InChI=1S/C25H26N4O2/c1-3-5-15-31-22-8-6-7-19(16-22)25(30)26-20-11-14-23-24(17-20)28-29(27-23)21-12-9-18(4-2)10-13-21/h6-14,16-17H,3-5,15H2,1-2H3,(H,26,30). The number of anilines is 1. The van der Waals surface area contributed by atoms with E-state index in [9.17, 15) is 4.79 Å². The van der Waals surface area contributed by atoms with Crippen LogP contribution in [0.1, 0.15) is 42.6 Å². The zero-order valence-corrected chi connectivity index (χ0v) is 17.8. The van der Waals surface area contributed by atoms with Crippen molar-refractivity contribution in [3.63, 3.8) is 0 Å². The third-order valence-corrected chi connectivity index (χ3v) is 5.08. The van der Waals surface area contributed by atoms with Gasteiger partial charge in [-0.2, -0.15) is 4.80 Å². The molecule has 0 aliphatic carbocycles. The van der Waals surface area contributed by atoms with Crippen LogP contribution < -0.4 is 10.1 Å². The van der Waals surface area contributed by atoms with Crippen LogP contribution in [0.3, 0.4) is 0 Å². The molecule has 0 atom stereocenters. The highest BCUT2D eigenvalue weighted by molar-refractivity contribution is 6.05. The van der Waals surface area contributed by atoms with Gasteiger partial charge in [-0.1, -0.05) is 38.5 Å². The van der Waals surface area contributed by atoms with E-state index in [0.717, 1.165) is 30.5 Å². The lowest BCUT2D eigenvalue weighted by Gasteiger charge is -2.08. The molecule has 1 N–H and O–H groups in total. The minimum atomic E-state index is -0.192. The van der Waals surface area contributed by atoms with Crippen molar-refractivity contribution in [2.24, 2.45) is 0 Å². The average molecular weight is 415 g/mol. The number of aryl methyl sites for hydroxylation is 1. The Balaban J connectivity index is 1.49. The minimum absolute atomic E-state index is 0.192. The first-order valence-corrected chi connectivity index (χ1v) is 10.7. The summed E-state index contributed by atoms with van der Waals surface area (Å²) < 4.78 is 5.70. The third-order valence-electron chi connectivity index (χ3n) is 5.08. The number of nitrogens with one attached hydrogen (secondary N) is 1. The van der Waals surface area contributed by atoms with Crippen molar-refractivity contribution in [2.75, 3.05) is 11.9 Å². The predicted molar refractivity (Wildman–Crippen MR) is 123 cm³/mol. The topological polar surface area (TPSA) is 69.0 Å². The minimum Gasteiger partial charge on any atom is -0.494 e. The number of fused-ring (bicyclic) bond motifs is 1. The largest absolute Gasteiger partial charge is 0.494 e. The number of benzene rings is 3. The molecule has 0 fully saturated rings. The van der Waals surface area contributed by atoms with Crippen molar-refractivity contribution in [1.82, 2.24) is 15.0 Å². The van der Waals surface area contributed by atoms with Crippen LogP contribution >= 0.6 is 0 Å². The molecule has 1 aromatic heterocycles. The molecule has 0 spiro atoms. The summed E-state index contributed by atoms with van der Waals surface area (Å²) in [5.41, 5.74) is 4.87. The first kappa shape index (κ1) is 20.6. The molecule has 1 heterocycles. The maximum absolute atomic E-state index is 12.7. The van der Waals surface area contributed by atoms with Crippen molar-refractivity contribution in [2.45, 2.75) is 33.1 Å². The summed E-state index contributed by atoms with van der Waals surface area (Å²) >= 11 is 0. The first-order chi connectivity index (χ1) is 15.2. The van der Waals surface area contributed by atoms with E-state index in [2.05, 4.69) is 41.5 Å². The second kappa shape index (κ2) is 9.43. The molecule has 0 unspecified atom stereocenters. The lowest BCUT2D eigenvalue weighted by atomic mass is 10.2. The zero-order valence-electron chi connectivity index (χ0n) is 17.8. The van der Waals surface area contributed by atoms with Gasteiger partial charge >= 0.3 is 0 Å². The quantitative estimate of drug-likeness (QED) is 0.391. The highest BCUT2D eigenvalue weighted by atomic mass is 16.5. The molecule has 6 nitrogen and oxygen atoms in total. The number of hydrogen-bond donors (Lipinski definition) is 1. The number of unbranched alkanes of at least 4 members (excludes halogenated alkanes) is 1. The SMILES string of the molecule is CCCCOc1cccc(C(=O)Nc2ccc3nn(-c4ccc(CC)cc4)nc3c2)c1. The highest BCUT2D eigenvalue weighted by Gasteiger charge is 2.10. The number of hydrogen-bond acceptors (Lipinski definition) is 4. The molecule has 0 radical (unpaired) electrons. The van der Waals surface area contributed by atoms with Crippen molar-refractivity contribution < 1.29 is 9.53 Å². The number of carbonyl (C=O) groups is 1. The number of aromatic nitrogens is 3. The molecular formula is C25H26N4O2. The fraction of sp³-hybridized carbons (Fsp3) is 0.240. The van der Waals surface area contributed by atoms with Crippen LogP contribution in [0.2, 0.25) is 0 Å². The molecule has 4 aromatic rings. The predicted octanol–water partition coefficient (Wildman–Crippen LogP) is 5.41. The number of nitrogens with zero attached hydrogens (tertiary/aromatic N) is 3. The normalized spacial score (nSPS) is 10.9. The Hall–Kier alpha value is -3.67. The Labute approximate surface area is 181 Å². The van der Waals surface area contributed by atoms with Gasteiger partial charge in [0.15, 0.2) is 0 Å². The van der Waals surface area contributed by atoms with Crippen molar-refractivity contribution >= 4 is 22.6 Å². The van der Waals surface area contributed by atoms with Crippen LogP contribution in [0, 0.1) is 0 Å². The summed E-state index contributed by atoms with van der Waals surface area (Å²) in [6.45, 7) is 4.89. The van der Waals surface area contributed by atoms with Gasteiger partial charge in [-0.15, -0.1) is 10.2 Å². The van der Waals surface area contributed by atoms with Gasteiger partial charge in [-0.3, -0.25) is 4.79 Å². The fourth-order valence-corrected chi connectivity index (χ4v) is 3.24. The molecule has 0 aliphatic rings. The van der Waals surface area contributed by atoms with Crippen molar-refractivity contribution in [1.29, 1.82) is 0 Å². The lowest BCUT2D eigenvalue weighted by Crippen LogP contribution is -2.12. The van der Waals surface area contributed by atoms with E-state index in [1.54, 1.807) is 16.9 Å². The lowest BCUT2D eigenvalue weighted by molar-refractivity contribution is 0.102. The Morgan fingerprint density at radius 1 is 0.968 bits per heavy atom. The Bertz CT molecular complexity index is 1180. The van der Waals surface area contributed by atoms with Gasteiger partial charge in [-0.05, 0) is 66.9 Å². The second-order valence-corrected chi connectivity index (χ2v) is 7.40. The van der Waals surface area contributed by atoms with Gasteiger partial charge in [-0.25, -0.2) is 0 Å². The van der Waals surface area contributed by atoms with Gasteiger partial charge in [0, 0.05) is 11.3 Å². The Kier molecular flexibility index (Phi) is 6.26. The molecule has 0 saturated carbocycles. The zero-order chi connectivity index (χ0) is 21.6. The molecule has 3 aromatic carbocycles. The first-order valence-electron chi connectivity index (χ1n) is 10.7. The van der Waals surface area contributed by atoms with E-state index in [-0.39, 0.29) is 5.91 Å². The Morgan fingerprint density at radius 2 is 1.77 bits per heavy atom. The van der Waals surface area contributed by atoms with Gasteiger partial charge in [0.25, 0.3) is 5.91 Å². The molecule has 4 rings (SSSR count). The van der Waals surface area contributed by atoms with Crippen molar-refractivity contribution in [3.8, 4) is 11.4 Å².